The Balaban J connectivity index is 0. The van der Waals surface area contributed by atoms with Crippen LogP contribution in [-0.2, 0) is 0 Å². The zero-order valence-electron chi connectivity index (χ0n) is 8.02. The van der Waals surface area contributed by atoms with Crippen molar-refractivity contribution in [3.05, 3.63) is 0 Å². The molecule has 0 aliphatic rings. The van der Waals surface area contributed by atoms with Crippen molar-refractivity contribution in [1.29, 1.82) is 0 Å². The Morgan fingerprint density at radius 2 is 1.45 bits per heavy atom. The van der Waals surface area contributed by atoms with Gasteiger partial charge in [-0.25, -0.2) is 0 Å². The summed E-state index contributed by atoms with van der Waals surface area (Å²) < 4.78 is 0. The lowest BCUT2D eigenvalue weighted by Gasteiger charge is -2.10. The predicted molar refractivity (Wildman–Crippen MR) is 53.2 cm³/mol. The van der Waals surface area contributed by atoms with Gasteiger partial charge in [-0.15, -0.1) is 11.6 Å². The number of hydrogen-bond donors (Lipinski definition) is 2. The first-order valence-corrected chi connectivity index (χ1v) is 4.60. The molecule has 0 spiro atoms. The average molecular weight is 181 g/mol. The van der Waals surface area contributed by atoms with Gasteiger partial charge in [0.15, 0.2) is 0 Å². The molecular formula is C8H21ClN2. The first-order chi connectivity index (χ1) is 5.04. The number of nitrogens with one attached hydrogen (secondary N) is 1. The summed E-state index contributed by atoms with van der Waals surface area (Å²) >= 11 is 5.06. The van der Waals surface area contributed by atoms with Gasteiger partial charge in [0.1, 0.15) is 0 Å². The first kappa shape index (κ1) is 13.8. The standard InChI is InChI=1S/C6H15N.C2H6ClN/c1-5(2)7-6(3)4;3-1-2-4/h5-7H,1-4H3;1-2,4H2. The number of rotatable bonds is 3. The summed E-state index contributed by atoms with van der Waals surface area (Å²) in [6.45, 7) is 9.20. The largest absolute Gasteiger partial charge is 0.329 e. The fourth-order valence-corrected chi connectivity index (χ4v) is 0.667. The number of alkyl halides is 1. The molecule has 0 aromatic heterocycles. The molecule has 2 nitrogen and oxygen atoms in total. The molecule has 0 saturated heterocycles. The molecule has 0 aromatic carbocycles. The van der Waals surface area contributed by atoms with Crippen LogP contribution in [0, 0.1) is 0 Å². The van der Waals surface area contributed by atoms with E-state index in [0.717, 1.165) is 0 Å². The van der Waals surface area contributed by atoms with Gasteiger partial charge in [-0.3, -0.25) is 0 Å². The Hall–Kier alpha value is 0.210. The van der Waals surface area contributed by atoms with Crippen molar-refractivity contribution < 1.29 is 0 Å². The lowest BCUT2D eigenvalue weighted by Crippen LogP contribution is -2.29. The molecule has 0 aromatic rings. The molecule has 3 N–H and O–H groups in total. The van der Waals surface area contributed by atoms with Crippen LogP contribution < -0.4 is 11.1 Å². The van der Waals surface area contributed by atoms with E-state index >= 15 is 0 Å². The molecule has 0 aliphatic heterocycles. The van der Waals surface area contributed by atoms with Gasteiger partial charge in [-0.05, 0) is 0 Å². The summed E-state index contributed by atoms with van der Waals surface area (Å²) in [4.78, 5) is 0. The van der Waals surface area contributed by atoms with Crippen molar-refractivity contribution in [2.75, 3.05) is 12.4 Å². The minimum absolute atomic E-state index is 0.569. The number of halogens is 1. The van der Waals surface area contributed by atoms with Gasteiger partial charge in [0.25, 0.3) is 0 Å². The van der Waals surface area contributed by atoms with Gasteiger partial charge in [0, 0.05) is 24.5 Å². The Kier molecular flexibility index (Phi) is 12.8. The van der Waals surface area contributed by atoms with Gasteiger partial charge < -0.3 is 11.1 Å². The van der Waals surface area contributed by atoms with Crippen LogP contribution in [0.1, 0.15) is 27.7 Å². The van der Waals surface area contributed by atoms with Crippen LogP contribution in [0.2, 0.25) is 0 Å². The summed E-state index contributed by atoms with van der Waals surface area (Å²) in [7, 11) is 0. The SMILES string of the molecule is CC(C)NC(C)C.NCCCl. The second kappa shape index (κ2) is 10.2. The lowest BCUT2D eigenvalue weighted by atomic mass is 10.3. The third-order valence-electron chi connectivity index (χ3n) is 0.776. The third-order valence-corrected chi connectivity index (χ3v) is 0.994. The molecule has 0 radical (unpaired) electrons. The van der Waals surface area contributed by atoms with Gasteiger partial charge in [0.05, 0.1) is 0 Å². The van der Waals surface area contributed by atoms with Crippen LogP contribution in [0.5, 0.6) is 0 Å². The summed E-state index contributed by atoms with van der Waals surface area (Å²) in [6, 6.07) is 1.25. The molecule has 0 saturated carbocycles. The van der Waals surface area contributed by atoms with E-state index in [4.69, 9.17) is 17.3 Å². The molecule has 0 unspecified atom stereocenters. The molecule has 0 aliphatic carbocycles. The van der Waals surface area contributed by atoms with Crippen LogP contribution in [0.15, 0.2) is 0 Å². The first-order valence-electron chi connectivity index (χ1n) is 4.06. The minimum atomic E-state index is 0.569. The van der Waals surface area contributed by atoms with E-state index < -0.39 is 0 Å². The lowest BCUT2D eigenvalue weighted by molar-refractivity contribution is 0.518. The van der Waals surface area contributed by atoms with Crippen molar-refractivity contribution >= 4 is 11.6 Å². The summed E-state index contributed by atoms with van der Waals surface area (Å²) in [5.74, 6) is 0.569. The molecule has 0 bridgehead atoms. The van der Waals surface area contributed by atoms with Gasteiger partial charge in [-0.2, -0.15) is 0 Å². The maximum Gasteiger partial charge on any atom is 0.0346 e. The highest BCUT2D eigenvalue weighted by molar-refractivity contribution is 6.18. The van der Waals surface area contributed by atoms with Crippen LogP contribution in [0.25, 0.3) is 0 Å². The maximum atomic E-state index is 5.06. The molecular weight excluding hydrogens is 160 g/mol. The minimum Gasteiger partial charge on any atom is -0.329 e. The van der Waals surface area contributed by atoms with E-state index in [1.807, 2.05) is 0 Å². The van der Waals surface area contributed by atoms with Gasteiger partial charge in [0.2, 0.25) is 0 Å². The molecule has 0 rings (SSSR count). The zero-order valence-corrected chi connectivity index (χ0v) is 8.78. The smallest absolute Gasteiger partial charge is 0.0346 e. The second-order valence-electron chi connectivity index (χ2n) is 2.95. The molecule has 0 atom stereocenters. The molecule has 0 fully saturated rings. The summed E-state index contributed by atoms with van der Waals surface area (Å²) in [5.41, 5.74) is 4.90. The van der Waals surface area contributed by atoms with Crippen molar-refractivity contribution in [2.45, 2.75) is 39.8 Å². The summed E-state index contributed by atoms with van der Waals surface area (Å²) in [6.07, 6.45) is 0. The fraction of sp³-hybridized carbons (Fsp3) is 1.00. The quantitative estimate of drug-likeness (QED) is 0.648. The maximum absolute atomic E-state index is 5.06. The van der Waals surface area contributed by atoms with E-state index in [2.05, 4.69) is 33.0 Å². The van der Waals surface area contributed by atoms with Crippen molar-refractivity contribution in [1.82, 2.24) is 5.32 Å². The Morgan fingerprint density at radius 1 is 1.18 bits per heavy atom. The topological polar surface area (TPSA) is 38.0 Å². The van der Waals surface area contributed by atoms with Crippen molar-refractivity contribution in [2.24, 2.45) is 5.73 Å². The highest BCUT2D eigenvalue weighted by Gasteiger charge is 1.92. The Bertz CT molecular complexity index is 57.1. The zero-order chi connectivity index (χ0) is 9.28. The van der Waals surface area contributed by atoms with E-state index in [1.165, 1.54) is 0 Å². The van der Waals surface area contributed by atoms with Gasteiger partial charge >= 0.3 is 0 Å². The molecule has 0 amide bonds. The Morgan fingerprint density at radius 3 is 1.45 bits per heavy atom. The number of hydrogen-bond acceptors (Lipinski definition) is 2. The van der Waals surface area contributed by atoms with Crippen LogP contribution in [-0.4, -0.2) is 24.5 Å². The van der Waals surface area contributed by atoms with E-state index in [1.54, 1.807) is 0 Å². The van der Waals surface area contributed by atoms with Crippen LogP contribution in [0.3, 0.4) is 0 Å². The fourth-order valence-electron chi connectivity index (χ4n) is 0.667. The molecule has 0 heterocycles. The van der Waals surface area contributed by atoms with E-state index in [9.17, 15) is 0 Å². The highest BCUT2D eigenvalue weighted by atomic mass is 35.5. The predicted octanol–water partition coefficient (Wildman–Crippen LogP) is 1.58. The number of nitrogens with two attached hydrogens (primary N) is 1. The average Bonchev–Trinajstić information content (AvgIpc) is 1.85. The summed E-state index contributed by atoms with van der Waals surface area (Å²) in [5, 5.41) is 3.31. The van der Waals surface area contributed by atoms with Crippen LogP contribution >= 0.6 is 11.6 Å². The monoisotopic (exact) mass is 180 g/mol. The second-order valence-corrected chi connectivity index (χ2v) is 3.33. The normalized spacial score (nSPS) is 9.82. The van der Waals surface area contributed by atoms with Crippen molar-refractivity contribution in [3.8, 4) is 0 Å². The third kappa shape index (κ3) is 25.4. The highest BCUT2D eigenvalue weighted by Crippen LogP contribution is 1.80. The Labute approximate surface area is 75.5 Å². The van der Waals surface area contributed by atoms with Gasteiger partial charge in [-0.1, -0.05) is 27.7 Å². The van der Waals surface area contributed by atoms with Crippen molar-refractivity contribution in [3.63, 3.8) is 0 Å². The molecule has 70 valence electrons. The van der Waals surface area contributed by atoms with Crippen LogP contribution in [0.4, 0.5) is 0 Å². The molecule has 3 heteroatoms. The molecule has 11 heavy (non-hydrogen) atoms. The van der Waals surface area contributed by atoms with E-state index in [0.29, 0.717) is 24.5 Å². The van der Waals surface area contributed by atoms with E-state index in [-0.39, 0.29) is 0 Å².